The van der Waals surface area contributed by atoms with Gasteiger partial charge in [0, 0.05) is 19.6 Å². The van der Waals surface area contributed by atoms with E-state index >= 15 is 0 Å². The molecular formula is C10H17N3O3. The third-order valence-electron chi connectivity index (χ3n) is 2.17. The van der Waals surface area contributed by atoms with E-state index in [2.05, 4.69) is 4.98 Å². The van der Waals surface area contributed by atoms with E-state index in [1.807, 2.05) is 30.8 Å². The largest absolute Gasteiger partial charge is 0.475 e. The average Bonchev–Trinajstić information content (AvgIpc) is 2.67. The Kier molecular flexibility index (Phi) is 4.30. The van der Waals surface area contributed by atoms with Crippen molar-refractivity contribution in [2.45, 2.75) is 6.92 Å². The molecule has 0 bridgehead atoms. The van der Waals surface area contributed by atoms with Gasteiger partial charge in [-0.3, -0.25) is 0 Å². The van der Waals surface area contributed by atoms with Crippen molar-refractivity contribution in [1.29, 1.82) is 0 Å². The van der Waals surface area contributed by atoms with E-state index in [0.29, 0.717) is 6.01 Å². The molecule has 1 rings (SSSR count). The summed E-state index contributed by atoms with van der Waals surface area (Å²) < 4.78 is 5.13. The van der Waals surface area contributed by atoms with E-state index in [1.165, 1.54) is 6.20 Å². The Morgan fingerprint density at radius 1 is 1.50 bits per heavy atom. The average molecular weight is 227 g/mol. The molecule has 0 aliphatic rings. The monoisotopic (exact) mass is 227 g/mol. The number of aromatic nitrogens is 1. The molecule has 0 spiro atoms. The molecule has 0 atom stereocenters. The summed E-state index contributed by atoms with van der Waals surface area (Å²) in [6.07, 6.45) is 1.23. The quantitative estimate of drug-likeness (QED) is 0.773. The van der Waals surface area contributed by atoms with Crippen LogP contribution in [0.4, 0.5) is 6.01 Å². The van der Waals surface area contributed by atoms with Crippen LogP contribution in [0.15, 0.2) is 10.6 Å². The van der Waals surface area contributed by atoms with Crippen molar-refractivity contribution >= 4 is 12.0 Å². The van der Waals surface area contributed by atoms with Crippen molar-refractivity contribution in [3.63, 3.8) is 0 Å². The Bertz CT molecular complexity index is 349. The summed E-state index contributed by atoms with van der Waals surface area (Å²) >= 11 is 0. The number of anilines is 1. The minimum atomic E-state index is -1.09. The fourth-order valence-corrected chi connectivity index (χ4v) is 1.22. The third-order valence-corrected chi connectivity index (χ3v) is 2.17. The number of oxazole rings is 1. The number of carbonyl (C=O) groups is 1. The number of rotatable bonds is 6. The minimum absolute atomic E-state index is 0.127. The molecule has 0 unspecified atom stereocenters. The number of hydrogen-bond donors (Lipinski definition) is 1. The molecule has 0 aromatic carbocycles. The molecular weight excluding hydrogens is 210 g/mol. The number of hydrogen-bond acceptors (Lipinski definition) is 5. The first-order chi connectivity index (χ1) is 7.54. The molecule has 1 aromatic heterocycles. The van der Waals surface area contributed by atoms with Gasteiger partial charge in [-0.05, 0) is 21.0 Å². The van der Waals surface area contributed by atoms with Crippen LogP contribution in [0, 0.1) is 0 Å². The van der Waals surface area contributed by atoms with E-state index in [9.17, 15) is 4.79 Å². The van der Waals surface area contributed by atoms with E-state index in [1.54, 1.807) is 0 Å². The van der Waals surface area contributed by atoms with Crippen molar-refractivity contribution in [3.8, 4) is 0 Å². The van der Waals surface area contributed by atoms with Crippen LogP contribution < -0.4 is 4.90 Å². The maximum absolute atomic E-state index is 10.6. The molecule has 1 aromatic rings. The van der Waals surface area contributed by atoms with Crippen molar-refractivity contribution < 1.29 is 14.3 Å². The highest BCUT2D eigenvalue weighted by molar-refractivity contribution is 5.84. The molecule has 1 N–H and O–H groups in total. The van der Waals surface area contributed by atoms with Gasteiger partial charge in [-0.1, -0.05) is 0 Å². The van der Waals surface area contributed by atoms with Crippen LogP contribution in [0.1, 0.15) is 17.5 Å². The lowest BCUT2D eigenvalue weighted by Crippen LogP contribution is -2.31. The molecule has 0 fully saturated rings. The van der Waals surface area contributed by atoms with Gasteiger partial charge in [-0.25, -0.2) is 9.78 Å². The zero-order valence-corrected chi connectivity index (χ0v) is 9.80. The zero-order chi connectivity index (χ0) is 12.1. The summed E-state index contributed by atoms with van der Waals surface area (Å²) in [5.41, 5.74) is 0. The molecule has 6 nitrogen and oxygen atoms in total. The van der Waals surface area contributed by atoms with Crippen molar-refractivity contribution in [1.82, 2.24) is 9.88 Å². The number of nitrogens with zero attached hydrogens (tertiary/aromatic N) is 3. The highest BCUT2D eigenvalue weighted by Crippen LogP contribution is 2.13. The second-order valence-electron chi connectivity index (χ2n) is 3.70. The molecule has 0 saturated heterocycles. The predicted molar refractivity (Wildman–Crippen MR) is 59.9 cm³/mol. The summed E-state index contributed by atoms with van der Waals surface area (Å²) in [5.74, 6) is -1.22. The summed E-state index contributed by atoms with van der Waals surface area (Å²) in [4.78, 5) is 18.5. The summed E-state index contributed by atoms with van der Waals surface area (Å²) in [7, 11) is 3.96. The standard InChI is InChI=1S/C10H17N3O3/c1-4-13(6-5-12(2)3)10-11-7-8(16-10)9(14)15/h7H,4-6H2,1-3H3,(H,14,15). The molecule has 0 aliphatic carbocycles. The fourth-order valence-electron chi connectivity index (χ4n) is 1.22. The Morgan fingerprint density at radius 2 is 2.19 bits per heavy atom. The highest BCUT2D eigenvalue weighted by Gasteiger charge is 2.15. The van der Waals surface area contributed by atoms with Crippen LogP contribution in [-0.2, 0) is 0 Å². The second kappa shape index (κ2) is 5.50. The number of likely N-dealkylation sites (N-methyl/N-ethyl adjacent to an activating group) is 2. The normalized spacial score (nSPS) is 10.8. The molecule has 0 aliphatic heterocycles. The van der Waals surface area contributed by atoms with Crippen LogP contribution in [0.3, 0.4) is 0 Å². The van der Waals surface area contributed by atoms with Gasteiger partial charge in [0.1, 0.15) is 0 Å². The van der Waals surface area contributed by atoms with Gasteiger partial charge in [0.05, 0.1) is 6.20 Å². The zero-order valence-electron chi connectivity index (χ0n) is 9.80. The Labute approximate surface area is 94.5 Å². The first-order valence-corrected chi connectivity index (χ1v) is 5.13. The fraction of sp³-hybridized carbons (Fsp3) is 0.600. The summed E-state index contributed by atoms with van der Waals surface area (Å²) in [5, 5.41) is 8.71. The Balaban J connectivity index is 2.67. The van der Waals surface area contributed by atoms with Crippen molar-refractivity contribution in [3.05, 3.63) is 12.0 Å². The highest BCUT2D eigenvalue weighted by atomic mass is 16.4. The van der Waals surface area contributed by atoms with Gasteiger partial charge in [0.25, 0.3) is 6.01 Å². The maximum Gasteiger partial charge on any atom is 0.373 e. The Hall–Kier alpha value is -1.56. The van der Waals surface area contributed by atoms with Crippen LogP contribution in [0.2, 0.25) is 0 Å². The number of carboxylic acid groups (broad SMARTS) is 1. The lowest BCUT2D eigenvalue weighted by molar-refractivity contribution is 0.0663. The van der Waals surface area contributed by atoms with Crippen molar-refractivity contribution in [2.24, 2.45) is 0 Å². The van der Waals surface area contributed by atoms with E-state index in [4.69, 9.17) is 9.52 Å². The van der Waals surface area contributed by atoms with Gasteiger partial charge in [-0.2, -0.15) is 0 Å². The molecule has 0 radical (unpaired) electrons. The maximum atomic E-state index is 10.6. The minimum Gasteiger partial charge on any atom is -0.475 e. The lowest BCUT2D eigenvalue weighted by atomic mass is 10.5. The topological polar surface area (TPSA) is 69.8 Å². The molecule has 0 saturated carbocycles. The van der Waals surface area contributed by atoms with Crippen LogP contribution in [0.25, 0.3) is 0 Å². The van der Waals surface area contributed by atoms with Gasteiger partial charge < -0.3 is 19.3 Å². The van der Waals surface area contributed by atoms with Gasteiger partial charge in [0.2, 0.25) is 5.76 Å². The molecule has 0 amide bonds. The molecule has 6 heteroatoms. The van der Waals surface area contributed by atoms with Gasteiger partial charge >= 0.3 is 5.97 Å². The third kappa shape index (κ3) is 3.23. The van der Waals surface area contributed by atoms with Crippen LogP contribution in [0.5, 0.6) is 0 Å². The Morgan fingerprint density at radius 3 is 2.62 bits per heavy atom. The van der Waals surface area contributed by atoms with E-state index in [0.717, 1.165) is 19.6 Å². The molecule has 1 heterocycles. The SMILES string of the molecule is CCN(CCN(C)C)c1ncc(C(=O)O)o1. The van der Waals surface area contributed by atoms with Gasteiger partial charge in [0.15, 0.2) is 0 Å². The lowest BCUT2D eigenvalue weighted by Gasteiger charge is -2.20. The van der Waals surface area contributed by atoms with Crippen LogP contribution in [-0.4, -0.2) is 54.7 Å². The number of carboxylic acids is 1. The van der Waals surface area contributed by atoms with Gasteiger partial charge in [-0.15, -0.1) is 0 Å². The van der Waals surface area contributed by atoms with E-state index < -0.39 is 5.97 Å². The number of aromatic carboxylic acids is 1. The van der Waals surface area contributed by atoms with Crippen LogP contribution >= 0.6 is 0 Å². The molecule has 90 valence electrons. The summed E-state index contributed by atoms with van der Waals surface area (Å²) in [6, 6.07) is 0.363. The second-order valence-corrected chi connectivity index (χ2v) is 3.70. The summed E-state index contributed by atoms with van der Waals surface area (Å²) in [6.45, 7) is 4.31. The van der Waals surface area contributed by atoms with Crippen molar-refractivity contribution in [2.75, 3.05) is 38.6 Å². The smallest absolute Gasteiger partial charge is 0.373 e. The first-order valence-electron chi connectivity index (χ1n) is 5.13. The van der Waals surface area contributed by atoms with E-state index in [-0.39, 0.29) is 5.76 Å². The first kappa shape index (κ1) is 12.5. The molecule has 16 heavy (non-hydrogen) atoms. The predicted octanol–water partition coefficient (Wildman–Crippen LogP) is 0.761.